The molecule has 0 amide bonds. The zero-order valence-electron chi connectivity index (χ0n) is 9.20. The molecule has 2 aromatic heterocycles. The Hall–Kier alpha value is -2.22. The van der Waals surface area contributed by atoms with Crippen molar-refractivity contribution in [1.82, 2.24) is 19.7 Å². The zero-order chi connectivity index (χ0) is 11.5. The van der Waals surface area contributed by atoms with Gasteiger partial charge in [0, 0.05) is 6.04 Å². The molecule has 0 aliphatic heterocycles. The van der Waals surface area contributed by atoms with Crippen LogP contribution in [-0.4, -0.2) is 19.7 Å². The molecule has 0 aliphatic carbocycles. The van der Waals surface area contributed by atoms with E-state index in [1.165, 1.54) is 0 Å². The van der Waals surface area contributed by atoms with Gasteiger partial charge in [-0.2, -0.15) is 4.85 Å². The van der Waals surface area contributed by atoms with Gasteiger partial charge in [0.15, 0.2) is 0 Å². The van der Waals surface area contributed by atoms with E-state index in [0.29, 0.717) is 5.82 Å². The summed E-state index contributed by atoms with van der Waals surface area (Å²) in [5.74, 6) is 1.20. The van der Waals surface area contributed by atoms with Crippen molar-refractivity contribution < 1.29 is 0 Å². The van der Waals surface area contributed by atoms with Crippen LogP contribution in [0.4, 0.5) is 5.82 Å². The second kappa shape index (κ2) is 4.11. The van der Waals surface area contributed by atoms with Crippen molar-refractivity contribution in [2.75, 3.05) is 0 Å². The highest BCUT2D eigenvalue weighted by Gasteiger charge is 2.16. The Kier molecular flexibility index (Phi) is 2.64. The number of pyridine rings is 1. The van der Waals surface area contributed by atoms with E-state index in [1.807, 2.05) is 16.7 Å². The van der Waals surface area contributed by atoms with Crippen molar-refractivity contribution in [3.63, 3.8) is 0 Å². The van der Waals surface area contributed by atoms with Gasteiger partial charge in [-0.3, -0.25) is 0 Å². The minimum Gasteiger partial charge on any atom is -0.308 e. The zero-order valence-corrected chi connectivity index (χ0v) is 9.20. The summed E-state index contributed by atoms with van der Waals surface area (Å²) in [4.78, 5) is 7.81. The summed E-state index contributed by atoms with van der Waals surface area (Å²) in [6, 6.07) is 5.72. The minimum atomic E-state index is 0.283. The Bertz CT molecular complexity index is 535. The molecule has 5 nitrogen and oxygen atoms in total. The standard InChI is InChI=1S/C11H12N5/c1-8(2)16-7-13-15-11(16)9-5-4-6-10(12-3)14-9/h3-8H,1-2H3/q+1. The summed E-state index contributed by atoms with van der Waals surface area (Å²) < 4.78 is 1.95. The predicted molar refractivity (Wildman–Crippen MR) is 61.6 cm³/mol. The lowest BCUT2D eigenvalue weighted by Gasteiger charge is -2.06. The molecule has 0 fully saturated rings. The lowest BCUT2D eigenvalue weighted by atomic mass is 10.3. The molecule has 0 aliphatic rings. The van der Waals surface area contributed by atoms with Gasteiger partial charge in [0.25, 0.3) is 0 Å². The topological polar surface area (TPSA) is 48.0 Å². The first-order valence-corrected chi connectivity index (χ1v) is 5.00. The first kappa shape index (κ1) is 10.3. The third kappa shape index (κ3) is 1.77. The van der Waals surface area contributed by atoms with Crippen LogP contribution < -0.4 is 0 Å². The summed E-state index contributed by atoms with van der Waals surface area (Å²) in [5, 5.41) is 7.94. The maximum atomic E-state index is 5.19. The summed E-state index contributed by atoms with van der Waals surface area (Å²) in [5.41, 5.74) is 0.720. The van der Waals surface area contributed by atoms with Crippen molar-refractivity contribution in [3.8, 4) is 18.1 Å². The van der Waals surface area contributed by atoms with E-state index >= 15 is 0 Å². The molecule has 0 saturated carbocycles. The van der Waals surface area contributed by atoms with Crippen LogP contribution in [0.2, 0.25) is 0 Å². The van der Waals surface area contributed by atoms with Crippen molar-refractivity contribution >= 4 is 5.82 Å². The maximum Gasteiger partial charge on any atom is 0.425 e. The highest BCUT2D eigenvalue weighted by Crippen LogP contribution is 2.20. The molecule has 0 aromatic carbocycles. The van der Waals surface area contributed by atoms with E-state index in [9.17, 15) is 0 Å². The monoisotopic (exact) mass is 214 g/mol. The third-order valence-corrected chi connectivity index (χ3v) is 2.23. The van der Waals surface area contributed by atoms with E-state index in [2.05, 4.69) is 33.9 Å². The van der Waals surface area contributed by atoms with Crippen LogP contribution in [0.15, 0.2) is 24.5 Å². The normalized spacial score (nSPS) is 10.4. The van der Waals surface area contributed by atoms with Crippen LogP contribution in [0.25, 0.3) is 16.4 Å². The van der Waals surface area contributed by atoms with Crippen molar-refractivity contribution in [1.29, 1.82) is 0 Å². The minimum absolute atomic E-state index is 0.283. The van der Waals surface area contributed by atoms with Gasteiger partial charge < -0.3 is 4.57 Å². The Morgan fingerprint density at radius 2 is 2.19 bits per heavy atom. The van der Waals surface area contributed by atoms with Crippen molar-refractivity contribution in [2.45, 2.75) is 19.9 Å². The van der Waals surface area contributed by atoms with Crippen LogP contribution in [0, 0.1) is 6.57 Å². The summed E-state index contributed by atoms with van der Waals surface area (Å²) >= 11 is 0. The molecule has 0 saturated heterocycles. The Balaban J connectivity index is 2.51. The van der Waals surface area contributed by atoms with E-state index < -0.39 is 0 Å². The number of hydrogen-bond acceptors (Lipinski definition) is 3. The largest absolute Gasteiger partial charge is 0.425 e. The molecule has 0 spiro atoms. The summed E-state index contributed by atoms with van der Waals surface area (Å²) in [7, 11) is 0. The number of hydrogen-bond donors (Lipinski definition) is 0. The number of rotatable bonds is 2. The first-order valence-electron chi connectivity index (χ1n) is 5.00. The highest BCUT2D eigenvalue weighted by atomic mass is 15.3. The molecule has 5 heteroatoms. The lowest BCUT2D eigenvalue weighted by Crippen LogP contribution is -2.02. The van der Waals surface area contributed by atoms with Gasteiger partial charge in [-0.25, -0.2) is 0 Å². The number of nitrogens with zero attached hydrogens (tertiary/aromatic N) is 5. The fourth-order valence-corrected chi connectivity index (χ4v) is 1.42. The average Bonchev–Trinajstić information content (AvgIpc) is 2.78. The molecule has 0 bridgehead atoms. The second-order valence-corrected chi connectivity index (χ2v) is 3.67. The molecular formula is C11H12N5+. The smallest absolute Gasteiger partial charge is 0.308 e. The van der Waals surface area contributed by atoms with Gasteiger partial charge in [0.2, 0.25) is 11.5 Å². The molecule has 16 heavy (non-hydrogen) atoms. The number of aromatic nitrogens is 4. The average molecular weight is 214 g/mol. The van der Waals surface area contributed by atoms with Gasteiger partial charge in [-0.15, -0.1) is 10.2 Å². The van der Waals surface area contributed by atoms with E-state index in [0.717, 1.165) is 11.5 Å². The van der Waals surface area contributed by atoms with Crippen LogP contribution in [-0.2, 0) is 0 Å². The molecule has 0 atom stereocenters. The molecule has 0 N–H and O–H groups in total. The summed E-state index contributed by atoms with van der Waals surface area (Å²) in [6.45, 7) is 9.31. The van der Waals surface area contributed by atoms with E-state index in [1.54, 1.807) is 12.4 Å². The van der Waals surface area contributed by atoms with Crippen molar-refractivity contribution in [2.24, 2.45) is 0 Å². The maximum absolute atomic E-state index is 5.19. The second-order valence-electron chi connectivity index (χ2n) is 3.67. The quantitative estimate of drug-likeness (QED) is 0.771. The van der Waals surface area contributed by atoms with E-state index in [4.69, 9.17) is 6.57 Å². The predicted octanol–water partition coefficient (Wildman–Crippen LogP) is 2.52. The fourth-order valence-electron chi connectivity index (χ4n) is 1.42. The molecule has 2 heterocycles. The summed E-state index contributed by atoms with van der Waals surface area (Å²) in [6.07, 6.45) is 1.69. The van der Waals surface area contributed by atoms with Gasteiger partial charge in [-0.05, 0) is 31.0 Å². The fraction of sp³-hybridized carbons (Fsp3) is 0.273. The van der Waals surface area contributed by atoms with Gasteiger partial charge in [-0.1, -0.05) is 0 Å². The van der Waals surface area contributed by atoms with E-state index in [-0.39, 0.29) is 6.04 Å². The van der Waals surface area contributed by atoms with Gasteiger partial charge in [0.05, 0.1) is 6.07 Å². The molecule has 2 aromatic rings. The van der Waals surface area contributed by atoms with Crippen LogP contribution >= 0.6 is 0 Å². The Morgan fingerprint density at radius 1 is 1.38 bits per heavy atom. The third-order valence-electron chi connectivity index (χ3n) is 2.23. The van der Waals surface area contributed by atoms with Gasteiger partial charge >= 0.3 is 5.82 Å². The van der Waals surface area contributed by atoms with Gasteiger partial charge in [0.1, 0.15) is 12.9 Å². The molecular weight excluding hydrogens is 202 g/mol. The lowest BCUT2D eigenvalue weighted by molar-refractivity contribution is 0.603. The van der Waals surface area contributed by atoms with Crippen LogP contribution in [0.1, 0.15) is 19.9 Å². The molecule has 2 rings (SSSR count). The van der Waals surface area contributed by atoms with Crippen molar-refractivity contribution in [3.05, 3.63) is 29.4 Å². The van der Waals surface area contributed by atoms with Crippen LogP contribution in [0.5, 0.6) is 0 Å². The molecule has 0 radical (unpaired) electrons. The first-order chi connectivity index (χ1) is 7.72. The Labute approximate surface area is 93.6 Å². The molecule has 80 valence electrons. The molecule has 0 unspecified atom stereocenters. The highest BCUT2D eigenvalue weighted by molar-refractivity contribution is 5.53. The van der Waals surface area contributed by atoms with Crippen LogP contribution in [0.3, 0.4) is 0 Å². The Morgan fingerprint density at radius 3 is 2.88 bits per heavy atom. The SMILES string of the molecule is C#[N+]c1cccc(-c2nncn2C(C)C)n1.